The van der Waals surface area contributed by atoms with Crippen molar-refractivity contribution < 1.29 is 19.2 Å². The fourth-order valence-electron chi connectivity index (χ4n) is 2.06. The smallest absolute Gasteiger partial charge is 0.292 e. The summed E-state index contributed by atoms with van der Waals surface area (Å²) in [6.45, 7) is 7.61. The number of amides is 1. The van der Waals surface area contributed by atoms with E-state index >= 15 is 0 Å². The van der Waals surface area contributed by atoms with E-state index in [1.54, 1.807) is 0 Å². The predicted octanol–water partition coefficient (Wildman–Crippen LogP) is 2.09. The molecule has 0 spiro atoms. The van der Waals surface area contributed by atoms with Crippen molar-refractivity contribution in [2.75, 3.05) is 39.5 Å². The van der Waals surface area contributed by atoms with E-state index in [0.717, 1.165) is 19.2 Å². The molecule has 2 rings (SSSR count). The van der Waals surface area contributed by atoms with E-state index in [0.29, 0.717) is 19.8 Å². The average molecular weight is 384 g/mol. The first kappa shape index (κ1) is 21.7. The van der Waals surface area contributed by atoms with Crippen molar-refractivity contribution in [2.45, 2.75) is 13.8 Å². The van der Waals surface area contributed by atoms with Gasteiger partial charge in [0.05, 0.1) is 24.7 Å². The molecule has 0 atom stereocenters. The van der Waals surface area contributed by atoms with Crippen LogP contribution in [0.5, 0.6) is 5.75 Å². The number of halogens is 1. The van der Waals surface area contributed by atoms with E-state index in [1.165, 1.54) is 6.07 Å². The van der Waals surface area contributed by atoms with Crippen molar-refractivity contribution in [1.29, 1.82) is 0 Å². The van der Waals surface area contributed by atoms with Crippen LogP contribution in [0.25, 0.3) is 0 Å². The number of benzene rings is 1. The maximum atomic E-state index is 11.2. The van der Waals surface area contributed by atoms with Crippen molar-refractivity contribution in [3.8, 4) is 17.6 Å². The first-order chi connectivity index (χ1) is 12.5. The Morgan fingerprint density at radius 1 is 1.38 bits per heavy atom. The van der Waals surface area contributed by atoms with Crippen LogP contribution in [0.2, 0.25) is 5.02 Å². The average Bonchev–Trinajstić information content (AvgIpc) is 2.64. The molecule has 0 saturated carbocycles. The maximum Gasteiger partial charge on any atom is 0.292 e. The summed E-state index contributed by atoms with van der Waals surface area (Å²) in [6.07, 6.45) is 0. The zero-order valence-electron chi connectivity index (χ0n) is 14.8. The Hall–Kier alpha value is -2.34. The molecule has 8 nitrogen and oxygen atoms in total. The van der Waals surface area contributed by atoms with Crippen LogP contribution in [0.4, 0.5) is 5.69 Å². The highest BCUT2D eigenvalue weighted by Gasteiger charge is 2.21. The van der Waals surface area contributed by atoms with Crippen LogP contribution >= 0.6 is 11.6 Å². The number of morpholine rings is 1. The molecule has 1 saturated heterocycles. The minimum absolute atomic E-state index is 0.000314. The molecule has 2 N–H and O–H groups in total. The first-order valence-electron chi connectivity index (χ1n) is 8.15. The summed E-state index contributed by atoms with van der Waals surface area (Å²) in [5.74, 6) is 4.95. The van der Waals surface area contributed by atoms with Crippen molar-refractivity contribution in [3.63, 3.8) is 0 Å². The van der Waals surface area contributed by atoms with Crippen LogP contribution < -0.4 is 10.5 Å². The lowest BCUT2D eigenvalue weighted by Gasteiger charge is -2.24. The van der Waals surface area contributed by atoms with E-state index in [4.69, 9.17) is 26.8 Å². The number of ether oxygens (including phenoxy) is 2. The topological polar surface area (TPSA) is 108 Å². The van der Waals surface area contributed by atoms with Crippen LogP contribution in [0, 0.1) is 22.0 Å². The molecule has 1 fully saturated rings. The van der Waals surface area contributed by atoms with Gasteiger partial charge >= 0.3 is 0 Å². The monoisotopic (exact) mass is 383 g/mol. The molecule has 0 aliphatic carbocycles. The van der Waals surface area contributed by atoms with E-state index in [9.17, 15) is 14.9 Å². The number of nitro groups is 1. The molecule has 1 amide bonds. The summed E-state index contributed by atoms with van der Waals surface area (Å²) in [5, 5.41) is 10.8. The van der Waals surface area contributed by atoms with Crippen LogP contribution in [-0.4, -0.2) is 55.2 Å². The summed E-state index contributed by atoms with van der Waals surface area (Å²) >= 11 is 5.93. The zero-order chi connectivity index (χ0) is 19.5. The van der Waals surface area contributed by atoms with Gasteiger partial charge in [-0.15, -0.1) is 0 Å². The van der Waals surface area contributed by atoms with Crippen LogP contribution in [-0.2, 0) is 4.74 Å². The van der Waals surface area contributed by atoms with Gasteiger partial charge in [0.2, 0.25) is 5.91 Å². The number of nitrogens with two attached hydrogens (primary N) is 1. The second-order valence-corrected chi connectivity index (χ2v) is 5.34. The zero-order valence-corrected chi connectivity index (χ0v) is 15.5. The van der Waals surface area contributed by atoms with Crippen LogP contribution in [0.15, 0.2) is 12.1 Å². The molecule has 0 unspecified atom stereocenters. The lowest BCUT2D eigenvalue weighted by Crippen LogP contribution is -2.36. The second-order valence-electron chi connectivity index (χ2n) is 4.96. The number of rotatable bonds is 5. The number of hydrogen-bond acceptors (Lipinski definition) is 6. The lowest BCUT2D eigenvalue weighted by molar-refractivity contribution is -0.384. The Kier molecular flexibility index (Phi) is 9.44. The Morgan fingerprint density at radius 2 is 2.04 bits per heavy atom. The molecular formula is C17H22ClN3O5. The molecule has 1 aliphatic rings. The van der Waals surface area contributed by atoms with Gasteiger partial charge in [0, 0.05) is 24.7 Å². The molecule has 0 aromatic heterocycles. The molecule has 1 aliphatic heterocycles. The standard InChI is InChI=1S/C15H16ClN3O5.C2H6/c16-14-12(19(21)22)9-11(15(17)20)10-13(14)24-6-2-1-3-18-4-7-23-8-5-18;1-2/h9-10H,3-8H2,(H2,17,20);1-2H3. The van der Waals surface area contributed by atoms with E-state index in [-0.39, 0.29) is 22.9 Å². The normalized spacial score (nSPS) is 13.7. The lowest BCUT2D eigenvalue weighted by atomic mass is 10.2. The van der Waals surface area contributed by atoms with E-state index in [2.05, 4.69) is 16.7 Å². The maximum absolute atomic E-state index is 11.2. The SMILES string of the molecule is CC.NC(=O)c1cc(OCC#CCN2CCOCC2)c(Cl)c([N+](=O)[O-])c1. The van der Waals surface area contributed by atoms with Crippen molar-refractivity contribution in [1.82, 2.24) is 4.90 Å². The highest BCUT2D eigenvalue weighted by molar-refractivity contribution is 6.34. The summed E-state index contributed by atoms with van der Waals surface area (Å²) in [6, 6.07) is 2.28. The van der Waals surface area contributed by atoms with Crippen LogP contribution in [0.1, 0.15) is 24.2 Å². The Balaban J connectivity index is 0.00000163. The molecule has 1 heterocycles. The molecule has 142 valence electrons. The van der Waals surface area contributed by atoms with Crippen molar-refractivity contribution >= 4 is 23.2 Å². The molecular weight excluding hydrogens is 362 g/mol. The Labute approximate surface area is 157 Å². The van der Waals surface area contributed by atoms with Gasteiger partial charge in [0.15, 0.2) is 5.02 Å². The van der Waals surface area contributed by atoms with Gasteiger partial charge in [-0.05, 0) is 6.07 Å². The number of primary amides is 1. The number of nitrogens with zero attached hydrogens (tertiary/aromatic N) is 2. The van der Waals surface area contributed by atoms with Gasteiger partial charge in [-0.2, -0.15) is 0 Å². The quantitative estimate of drug-likeness (QED) is 0.474. The Bertz CT molecular complexity index is 694. The third-order valence-electron chi connectivity index (χ3n) is 3.33. The fourth-order valence-corrected chi connectivity index (χ4v) is 2.29. The number of carbonyl (C=O) groups is 1. The first-order valence-corrected chi connectivity index (χ1v) is 8.53. The summed E-state index contributed by atoms with van der Waals surface area (Å²) in [5.41, 5.74) is 4.66. The second kappa shape index (κ2) is 11.3. The third-order valence-corrected chi connectivity index (χ3v) is 3.71. The van der Waals surface area contributed by atoms with Gasteiger partial charge in [-0.1, -0.05) is 37.3 Å². The largest absolute Gasteiger partial charge is 0.479 e. The Morgan fingerprint density at radius 3 is 2.62 bits per heavy atom. The van der Waals surface area contributed by atoms with Gasteiger partial charge < -0.3 is 15.2 Å². The molecule has 1 aromatic rings. The van der Waals surface area contributed by atoms with Crippen LogP contribution in [0.3, 0.4) is 0 Å². The van der Waals surface area contributed by atoms with Crippen molar-refractivity contribution in [3.05, 3.63) is 32.8 Å². The van der Waals surface area contributed by atoms with Gasteiger partial charge in [-0.25, -0.2) is 0 Å². The number of nitro benzene ring substituents is 1. The van der Waals surface area contributed by atoms with Crippen molar-refractivity contribution in [2.24, 2.45) is 5.73 Å². The summed E-state index contributed by atoms with van der Waals surface area (Å²) in [7, 11) is 0. The minimum Gasteiger partial charge on any atom is -0.479 e. The fraction of sp³-hybridized carbons (Fsp3) is 0.471. The van der Waals surface area contributed by atoms with Gasteiger partial charge in [0.1, 0.15) is 12.4 Å². The molecule has 0 radical (unpaired) electrons. The summed E-state index contributed by atoms with van der Waals surface area (Å²) in [4.78, 5) is 23.7. The number of carbonyl (C=O) groups excluding carboxylic acids is 1. The minimum atomic E-state index is -0.807. The third kappa shape index (κ3) is 6.52. The van der Waals surface area contributed by atoms with Gasteiger partial charge in [-0.3, -0.25) is 19.8 Å². The van der Waals surface area contributed by atoms with E-state index < -0.39 is 16.5 Å². The summed E-state index contributed by atoms with van der Waals surface area (Å²) < 4.78 is 10.6. The highest BCUT2D eigenvalue weighted by atomic mass is 35.5. The van der Waals surface area contributed by atoms with Gasteiger partial charge in [0.25, 0.3) is 5.69 Å². The molecule has 9 heteroatoms. The number of hydrogen-bond donors (Lipinski definition) is 1. The molecule has 0 bridgehead atoms. The molecule has 1 aromatic carbocycles. The molecule has 26 heavy (non-hydrogen) atoms. The highest BCUT2D eigenvalue weighted by Crippen LogP contribution is 2.35. The predicted molar refractivity (Wildman–Crippen MR) is 98.5 cm³/mol. The van der Waals surface area contributed by atoms with E-state index in [1.807, 2.05) is 13.8 Å².